The van der Waals surface area contributed by atoms with Crippen molar-refractivity contribution in [1.29, 1.82) is 0 Å². The molecule has 8 aromatic carbocycles. The first kappa shape index (κ1) is 25.7. The van der Waals surface area contributed by atoms with Crippen LogP contribution in [0.25, 0.3) is 82.4 Å². The molecule has 46 heavy (non-hydrogen) atoms. The van der Waals surface area contributed by atoms with E-state index in [9.17, 15) is 0 Å². The lowest BCUT2D eigenvalue weighted by Crippen LogP contribution is -1.94. The number of fused-ring (bicyclic) bond motifs is 6. The van der Waals surface area contributed by atoms with Crippen LogP contribution >= 0.6 is 11.8 Å². The molecule has 9 aromatic rings. The molecule has 0 bridgehead atoms. The average Bonchev–Trinajstić information content (AvgIpc) is 3.45. The lowest BCUT2D eigenvalue weighted by Gasteiger charge is -2.21. The predicted octanol–water partition coefficient (Wildman–Crippen LogP) is 12.6. The molecule has 2 heterocycles. The van der Waals surface area contributed by atoms with Gasteiger partial charge >= 0.3 is 0 Å². The Morgan fingerprint density at radius 2 is 1.11 bits per heavy atom. The molecule has 214 valence electrons. The number of rotatable bonds is 3. The third-order valence-corrected chi connectivity index (χ3v) is 10.7. The summed E-state index contributed by atoms with van der Waals surface area (Å²) in [5.41, 5.74) is 11.2. The summed E-state index contributed by atoms with van der Waals surface area (Å²) in [5, 5.41) is 7.74. The Hall–Kier alpha value is -5.57. The molecule has 0 saturated carbocycles. The van der Waals surface area contributed by atoms with Crippen LogP contribution in [0.5, 0.6) is 0 Å². The van der Waals surface area contributed by atoms with Gasteiger partial charge < -0.3 is 4.57 Å². The number of hydrogen-bond acceptors (Lipinski definition) is 1. The van der Waals surface area contributed by atoms with E-state index in [1.807, 2.05) is 11.8 Å². The lowest BCUT2D eigenvalue weighted by molar-refractivity contribution is 1.18. The summed E-state index contributed by atoms with van der Waals surface area (Å²) in [6.45, 7) is 0. The summed E-state index contributed by atoms with van der Waals surface area (Å²) in [4.78, 5) is 2.65. The minimum absolute atomic E-state index is 1.17. The molecule has 0 fully saturated rings. The molecule has 0 amide bonds. The largest absolute Gasteiger partial charge is 0.309 e. The first-order valence-electron chi connectivity index (χ1n) is 15.8. The second-order valence-corrected chi connectivity index (χ2v) is 13.2. The highest BCUT2D eigenvalue weighted by atomic mass is 32.2. The maximum absolute atomic E-state index is 2.42. The van der Waals surface area contributed by atoms with Crippen molar-refractivity contribution in [3.63, 3.8) is 0 Å². The van der Waals surface area contributed by atoms with Gasteiger partial charge in [-0.15, -0.1) is 0 Å². The number of benzene rings is 8. The van der Waals surface area contributed by atoms with Gasteiger partial charge in [-0.05, 0) is 98.1 Å². The molecule has 0 spiro atoms. The lowest BCUT2D eigenvalue weighted by atomic mass is 9.90. The van der Waals surface area contributed by atoms with Gasteiger partial charge in [0.2, 0.25) is 0 Å². The van der Waals surface area contributed by atoms with Crippen LogP contribution in [0.15, 0.2) is 174 Å². The van der Waals surface area contributed by atoms with Crippen molar-refractivity contribution < 1.29 is 0 Å². The Balaban J connectivity index is 1.22. The van der Waals surface area contributed by atoms with Crippen LogP contribution in [-0.4, -0.2) is 4.57 Å². The van der Waals surface area contributed by atoms with Crippen LogP contribution in [0.4, 0.5) is 0 Å². The molecule has 1 aliphatic heterocycles. The molecule has 2 heteroatoms. The molecule has 10 rings (SSSR count). The van der Waals surface area contributed by atoms with Crippen LogP contribution in [0.1, 0.15) is 0 Å². The van der Waals surface area contributed by atoms with E-state index in [2.05, 4.69) is 168 Å². The molecule has 1 aliphatic rings. The Bertz CT molecular complexity index is 2660. The molecule has 0 N–H and O–H groups in total. The van der Waals surface area contributed by atoms with Crippen molar-refractivity contribution in [3.05, 3.63) is 164 Å². The second kappa shape index (κ2) is 9.97. The Kier molecular flexibility index (Phi) is 5.58. The highest BCUT2D eigenvalue weighted by molar-refractivity contribution is 7.99. The fourth-order valence-corrected chi connectivity index (χ4v) is 8.67. The maximum atomic E-state index is 2.42. The molecule has 0 saturated heterocycles. The SMILES string of the molecule is c1ccc(-n2c3ccccc3c3c(-c4cccc(-c5ccc6c(c5)-c5cccc7cccc(c57)S6)c4)c4ccccc4cc32)cc1. The molecule has 1 aromatic heterocycles. The summed E-state index contributed by atoms with van der Waals surface area (Å²) in [5.74, 6) is 0. The van der Waals surface area contributed by atoms with Crippen LogP contribution in [0, 0.1) is 0 Å². The van der Waals surface area contributed by atoms with E-state index in [0.717, 1.165) is 0 Å². The van der Waals surface area contributed by atoms with Crippen molar-refractivity contribution in [2.75, 3.05) is 0 Å². The number of nitrogens with zero attached hydrogens (tertiary/aromatic N) is 1. The van der Waals surface area contributed by atoms with Gasteiger partial charge in [-0.25, -0.2) is 0 Å². The third kappa shape index (κ3) is 3.77. The van der Waals surface area contributed by atoms with Gasteiger partial charge in [0.05, 0.1) is 11.0 Å². The molecule has 0 unspecified atom stereocenters. The molecule has 0 radical (unpaired) electrons. The van der Waals surface area contributed by atoms with E-state index in [4.69, 9.17) is 0 Å². The van der Waals surface area contributed by atoms with Crippen molar-refractivity contribution in [1.82, 2.24) is 4.57 Å². The van der Waals surface area contributed by atoms with E-state index >= 15 is 0 Å². The normalized spacial score (nSPS) is 12.3. The monoisotopic (exact) mass is 601 g/mol. The van der Waals surface area contributed by atoms with E-state index in [-0.39, 0.29) is 0 Å². The van der Waals surface area contributed by atoms with E-state index in [1.54, 1.807) is 0 Å². The fraction of sp³-hybridized carbons (Fsp3) is 0. The van der Waals surface area contributed by atoms with Crippen molar-refractivity contribution in [2.45, 2.75) is 9.79 Å². The second-order valence-electron chi connectivity index (χ2n) is 12.1. The topological polar surface area (TPSA) is 4.93 Å². The summed E-state index contributed by atoms with van der Waals surface area (Å²) in [7, 11) is 0. The Morgan fingerprint density at radius 1 is 0.391 bits per heavy atom. The molecular formula is C44H27NS. The Morgan fingerprint density at radius 3 is 2.02 bits per heavy atom. The fourth-order valence-electron chi connectivity index (χ4n) is 7.54. The summed E-state index contributed by atoms with van der Waals surface area (Å²) in [6.07, 6.45) is 0. The van der Waals surface area contributed by atoms with Crippen molar-refractivity contribution in [2.24, 2.45) is 0 Å². The molecule has 0 aliphatic carbocycles. The van der Waals surface area contributed by atoms with Gasteiger partial charge in [0.15, 0.2) is 0 Å². The highest BCUT2D eigenvalue weighted by Gasteiger charge is 2.21. The number of hydrogen-bond donors (Lipinski definition) is 0. The van der Waals surface area contributed by atoms with Gasteiger partial charge in [0.1, 0.15) is 0 Å². The van der Waals surface area contributed by atoms with Crippen molar-refractivity contribution >= 4 is 55.1 Å². The van der Waals surface area contributed by atoms with Gasteiger partial charge in [0.25, 0.3) is 0 Å². The average molecular weight is 602 g/mol. The van der Waals surface area contributed by atoms with Crippen LogP contribution in [0.2, 0.25) is 0 Å². The molecular weight excluding hydrogens is 575 g/mol. The number of aromatic nitrogens is 1. The summed E-state index contributed by atoms with van der Waals surface area (Å²) >= 11 is 1.88. The van der Waals surface area contributed by atoms with Crippen LogP contribution in [0.3, 0.4) is 0 Å². The van der Waals surface area contributed by atoms with Gasteiger partial charge in [-0.2, -0.15) is 0 Å². The van der Waals surface area contributed by atoms with E-state index < -0.39 is 0 Å². The summed E-state index contributed by atoms with van der Waals surface area (Å²) < 4.78 is 2.42. The first-order valence-corrected chi connectivity index (χ1v) is 16.6. The zero-order valence-corrected chi connectivity index (χ0v) is 25.8. The van der Waals surface area contributed by atoms with Crippen LogP contribution in [-0.2, 0) is 0 Å². The number of para-hydroxylation sites is 2. The minimum atomic E-state index is 1.17. The zero-order valence-electron chi connectivity index (χ0n) is 24.9. The maximum Gasteiger partial charge on any atom is 0.0553 e. The van der Waals surface area contributed by atoms with Gasteiger partial charge in [-0.3, -0.25) is 0 Å². The smallest absolute Gasteiger partial charge is 0.0553 e. The molecule has 0 atom stereocenters. The summed E-state index contributed by atoms with van der Waals surface area (Å²) in [6, 6.07) is 60.2. The van der Waals surface area contributed by atoms with E-state index in [0.29, 0.717) is 0 Å². The third-order valence-electron chi connectivity index (χ3n) is 9.54. The minimum Gasteiger partial charge on any atom is -0.309 e. The Labute approximate surface area is 271 Å². The quantitative estimate of drug-likeness (QED) is 0.195. The predicted molar refractivity (Wildman–Crippen MR) is 196 cm³/mol. The first-order chi connectivity index (χ1) is 22.8. The molecule has 1 nitrogen and oxygen atoms in total. The van der Waals surface area contributed by atoms with Gasteiger partial charge in [-0.1, -0.05) is 127 Å². The zero-order chi connectivity index (χ0) is 30.2. The van der Waals surface area contributed by atoms with Gasteiger partial charge in [0, 0.05) is 31.6 Å². The van der Waals surface area contributed by atoms with Crippen molar-refractivity contribution in [3.8, 4) is 39.1 Å². The standard InChI is InChI=1S/C44H27NS/c1-2-16-33(17-3-1)45-38-21-7-6-19-36(38)44-39(45)27-31-11-4-5-18-34(31)43(44)32-15-8-14-29(25-32)30-23-24-40-37(26-30)35-20-9-12-28-13-10-22-41(46-40)42(28)35/h1-27H. The van der Waals surface area contributed by atoms with Crippen LogP contribution < -0.4 is 0 Å². The highest BCUT2D eigenvalue weighted by Crippen LogP contribution is 2.49. The van der Waals surface area contributed by atoms with E-state index in [1.165, 1.54) is 92.2 Å².